The van der Waals surface area contributed by atoms with Gasteiger partial charge in [-0.15, -0.1) is 0 Å². The Bertz CT molecular complexity index is 1360. The summed E-state index contributed by atoms with van der Waals surface area (Å²) in [5.41, 5.74) is 1.19. The Morgan fingerprint density at radius 2 is 1.24 bits per heavy atom. The molecule has 0 fully saturated rings. The summed E-state index contributed by atoms with van der Waals surface area (Å²) in [4.78, 5) is 23.2. The van der Waals surface area contributed by atoms with Crippen molar-refractivity contribution in [2.45, 2.75) is 16.7 Å². The van der Waals surface area contributed by atoms with E-state index in [0.29, 0.717) is 11.1 Å². The van der Waals surface area contributed by atoms with Crippen LogP contribution in [0.5, 0.6) is 0 Å². The molecule has 0 aliphatic rings. The van der Waals surface area contributed by atoms with Gasteiger partial charge in [-0.05, 0) is 54.4 Å². The zero-order chi connectivity index (χ0) is 25.3. The Balaban J connectivity index is 2.01. The van der Waals surface area contributed by atoms with Gasteiger partial charge in [-0.25, -0.2) is 0 Å². The molecule has 0 heterocycles. The maximum Gasteiger partial charge on any atom is 0.296 e. The number of hydrogen-bond acceptors (Lipinski definition) is 8. The third-order valence-corrected chi connectivity index (χ3v) is 6.76. The molecule has 6 N–H and O–H groups in total. The Morgan fingerprint density at radius 3 is 1.71 bits per heavy atom. The number of Topliss-reactive ketones (excluding diaryl/α,β-unsaturated/α-hetero) is 1. The van der Waals surface area contributed by atoms with E-state index in [-0.39, 0.29) is 33.2 Å². The van der Waals surface area contributed by atoms with Crippen molar-refractivity contribution in [3.05, 3.63) is 71.8 Å². The third-order valence-electron chi connectivity index (χ3n) is 4.94. The molecule has 180 valence electrons. The molecule has 3 rings (SSSR count). The number of rotatable bonds is 7. The fraction of sp³-hybridized carbons (Fsp3) is 0.0909. The molecule has 0 saturated carbocycles. The van der Waals surface area contributed by atoms with Crippen LogP contribution in [-0.4, -0.2) is 45.4 Å². The van der Waals surface area contributed by atoms with E-state index in [9.17, 15) is 36.2 Å². The van der Waals surface area contributed by atoms with Crippen LogP contribution in [0.25, 0.3) is 11.1 Å². The molecule has 0 radical (unpaired) electrons. The number of benzene rings is 3. The second kappa shape index (κ2) is 9.54. The highest BCUT2D eigenvalue weighted by atomic mass is 32.3. The molecule has 0 bridgehead atoms. The van der Waals surface area contributed by atoms with Gasteiger partial charge in [-0.1, -0.05) is 24.3 Å². The van der Waals surface area contributed by atoms with Gasteiger partial charge in [0.1, 0.15) is 15.8 Å². The predicted octanol–water partition coefficient (Wildman–Crippen LogP) is 4.68. The van der Waals surface area contributed by atoms with Crippen molar-refractivity contribution in [2.75, 3.05) is 17.7 Å². The van der Waals surface area contributed by atoms with Crippen LogP contribution in [0.15, 0.2) is 70.5 Å². The largest absolute Gasteiger partial charge is 0.387 e. The Kier molecular flexibility index (Phi) is 7.12. The van der Waals surface area contributed by atoms with Gasteiger partial charge in [0, 0.05) is 18.2 Å². The van der Waals surface area contributed by atoms with E-state index >= 15 is 0 Å². The smallest absolute Gasteiger partial charge is 0.296 e. The third kappa shape index (κ3) is 5.62. The van der Waals surface area contributed by atoms with Crippen molar-refractivity contribution in [3.63, 3.8) is 0 Å². The van der Waals surface area contributed by atoms with E-state index < -0.39 is 31.8 Å². The summed E-state index contributed by atoms with van der Waals surface area (Å²) in [5.74, 6) is -0.841. The summed E-state index contributed by atoms with van der Waals surface area (Å²) in [5, 5.41) is 5.14. The van der Waals surface area contributed by atoms with Crippen molar-refractivity contribution >= 4 is 44.1 Å². The van der Waals surface area contributed by atoms with E-state index in [0.717, 1.165) is 6.07 Å². The highest BCUT2D eigenvalue weighted by molar-refractivity contribution is 8.19. The first-order valence-corrected chi connectivity index (χ1v) is 12.6. The van der Waals surface area contributed by atoms with E-state index in [1.54, 1.807) is 6.07 Å². The molecule has 10 nitrogen and oxygen atoms in total. The standard InChI is InChI=1S/C22H22N2O8S2/c1-13(25)14-3-5-15(6-4-14)22(26)24-19-10-8-17(12-21(19)34(30,31)32)16-7-9-18(23-2)20(11-16)33(27,28)29/h3-12,23,27-29H,1-2H3,(H,24,26)(H,30,31,32). The maximum absolute atomic E-state index is 12.6. The topological polar surface area (TPSA) is 173 Å². The van der Waals surface area contributed by atoms with Gasteiger partial charge in [0.15, 0.2) is 5.78 Å². The molecule has 1 amide bonds. The van der Waals surface area contributed by atoms with Crippen molar-refractivity contribution in [1.29, 1.82) is 0 Å². The number of carbonyl (C=O) groups excluding carboxylic acids is 2. The number of carbonyl (C=O) groups is 2. The monoisotopic (exact) mass is 506 g/mol. The lowest BCUT2D eigenvalue weighted by Gasteiger charge is -2.23. The quantitative estimate of drug-likeness (QED) is 0.196. The van der Waals surface area contributed by atoms with Crippen LogP contribution < -0.4 is 10.6 Å². The fourth-order valence-electron chi connectivity index (χ4n) is 3.20. The molecule has 3 aromatic rings. The molecule has 0 atom stereocenters. The molecule has 12 heteroatoms. The van der Waals surface area contributed by atoms with Gasteiger partial charge < -0.3 is 24.3 Å². The molecule has 0 unspecified atom stereocenters. The summed E-state index contributed by atoms with van der Waals surface area (Å²) in [7, 11) is -7.34. The molecular formula is C22H22N2O8S2. The Morgan fingerprint density at radius 1 is 0.735 bits per heavy atom. The van der Waals surface area contributed by atoms with Crippen molar-refractivity contribution in [3.8, 4) is 11.1 Å². The Labute approximate surface area is 197 Å². The van der Waals surface area contributed by atoms with Gasteiger partial charge in [0.2, 0.25) is 0 Å². The molecule has 0 aromatic heterocycles. The summed E-state index contributed by atoms with van der Waals surface area (Å²) in [6.45, 7) is 1.38. The first kappa shape index (κ1) is 25.4. The van der Waals surface area contributed by atoms with Gasteiger partial charge in [-0.2, -0.15) is 8.42 Å². The van der Waals surface area contributed by atoms with Gasteiger partial charge >= 0.3 is 0 Å². The molecule has 0 spiro atoms. The van der Waals surface area contributed by atoms with Crippen LogP contribution in [0.4, 0.5) is 11.4 Å². The highest BCUT2D eigenvalue weighted by Gasteiger charge is 2.23. The summed E-state index contributed by atoms with van der Waals surface area (Å²) in [6.07, 6.45) is 0. The molecule has 0 saturated heterocycles. The molecule has 0 aliphatic carbocycles. The minimum atomic E-state index is -4.78. The lowest BCUT2D eigenvalue weighted by Crippen LogP contribution is -2.15. The lowest BCUT2D eigenvalue weighted by atomic mass is 10.0. The SMILES string of the molecule is CNc1ccc(-c2ccc(NC(=O)c3ccc(C(C)=O)cc3)c(S(=O)(=O)O)c2)cc1S(O)(O)O. The minimum Gasteiger partial charge on any atom is -0.387 e. The number of nitrogens with one attached hydrogen (secondary N) is 2. The predicted molar refractivity (Wildman–Crippen MR) is 129 cm³/mol. The van der Waals surface area contributed by atoms with E-state index in [4.69, 9.17) is 0 Å². The average molecular weight is 507 g/mol. The fourth-order valence-corrected chi connectivity index (χ4v) is 4.63. The normalized spacial score (nSPS) is 12.2. The minimum absolute atomic E-state index is 0.163. The van der Waals surface area contributed by atoms with Crippen LogP contribution in [0, 0.1) is 0 Å². The van der Waals surface area contributed by atoms with Gasteiger partial charge in [0.25, 0.3) is 16.0 Å². The molecule has 34 heavy (non-hydrogen) atoms. The number of anilines is 2. The zero-order valence-electron chi connectivity index (χ0n) is 18.0. The highest BCUT2D eigenvalue weighted by Crippen LogP contribution is 2.49. The maximum atomic E-state index is 12.6. The van der Waals surface area contributed by atoms with E-state index in [1.165, 1.54) is 62.5 Å². The van der Waals surface area contributed by atoms with Crippen molar-refractivity contribution < 1.29 is 36.2 Å². The van der Waals surface area contributed by atoms with Gasteiger partial charge in [-0.3, -0.25) is 14.1 Å². The second-order valence-corrected chi connectivity index (χ2v) is 10.1. The molecular weight excluding hydrogens is 484 g/mol. The second-order valence-electron chi connectivity index (χ2n) is 7.25. The van der Waals surface area contributed by atoms with Crippen molar-refractivity contribution in [2.24, 2.45) is 0 Å². The van der Waals surface area contributed by atoms with E-state index in [2.05, 4.69) is 10.6 Å². The van der Waals surface area contributed by atoms with Crippen molar-refractivity contribution in [1.82, 2.24) is 0 Å². The first-order chi connectivity index (χ1) is 15.8. The van der Waals surface area contributed by atoms with E-state index in [1.807, 2.05) is 0 Å². The van der Waals surface area contributed by atoms with Crippen LogP contribution in [-0.2, 0) is 10.1 Å². The summed E-state index contributed by atoms with van der Waals surface area (Å²) >= 11 is 0. The van der Waals surface area contributed by atoms with Crippen LogP contribution >= 0.6 is 10.9 Å². The summed E-state index contributed by atoms with van der Waals surface area (Å²) < 4.78 is 63.0. The number of ketones is 1. The van der Waals surface area contributed by atoms with Crippen LogP contribution in [0.1, 0.15) is 27.6 Å². The average Bonchev–Trinajstić information content (AvgIpc) is 2.77. The summed E-state index contributed by atoms with van der Waals surface area (Å²) in [6, 6.07) is 13.8. The van der Waals surface area contributed by atoms with Crippen LogP contribution in [0.3, 0.4) is 0 Å². The first-order valence-electron chi connectivity index (χ1n) is 9.68. The lowest BCUT2D eigenvalue weighted by molar-refractivity contribution is 0.100. The van der Waals surface area contributed by atoms with Gasteiger partial charge in [0.05, 0.1) is 16.3 Å². The number of amides is 1. The zero-order valence-corrected chi connectivity index (χ0v) is 19.6. The van der Waals surface area contributed by atoms with Crippen LogP contribution in [0.2, 0.25) is 0 Å². The molecule has 0 aliphatic heterocycles. The Hall–Kier alpha value is -3.26. The number of hydrogen-bond donors (Lipinski definition) is 6. The molecule has 3 aromatic carbocycles.